The van der Waals surface area contributed by atoms with Gasteiger partial charge in [-0.15, -0.1) is 0 Å². The number of anilines is 1. The van der Waals surface area contributed by atoms with Gasteiger partial charge in [0.15, 0.2) is 0 Å². The second-order valence-electron chi connectivity index (χ2n) is 5.42. The molecule has 0 spiro atoms. The minimum atomic E-state index is 0.566. The largest absolute Gasteiger partial charge is 0.383 e. The zero-order valence-electron chi connectivity index (χ0n) is 11.9. The van der Waals surface area contributed by atoms with Crippen LogP contribution in [0.5, 0.6) is 0 Å². The van der Waals surface area contributed by atoms with E-state index in [0.717, 1.165) is 24.3 Å². The zero-order chi connectivity index (χ0) is 13.9. The molecule has 106 valence electrons. The van der Waals surface area contributed by atoms with Gasteiger partial charge in [0, 0.05) is 24.8 Å². The smallest absolute Gasteiger partial charge is 0.132 e. The molecule has 3 rings (SSSR count). The van der Waals surface area contributed by atoms with Gasteiger partial charge in [0.2, 0.25) is 0 Å². The van der Waals surface area contributed by atoms with Crippen molar-refractivity contribution < 1.29 is 0 Å². The van der Waals surface area contributed by atoms with Crippen LogP contribution in [0.2, 0.25) is 0 Å². The van der Waals surface area contributed by atoms with Gasteiger partial charge in [-0.25, -0.2) is 9.97 Å². The van der Waals surface area contributed by atoms with Crippen LogP contribution in [0.3, 0.4) is 0 Å². The van der Waals surface area contributed by atoms with Crippen molar-refractivity contribution in [2.24, 2.45) is 5.92 Å². The number of aromatic nitrogens is 3. The highest BCUT2D eigenvalue weighted by Gasteiger charge is 2.22. The molecule has 0 saturated carbocycles. The van der Waals surface area contributed by atoms with Gasteiger partial charge in [0.05, 0.1) is 18.2 Å². The molecule has 2 N–H and O–H groups in total. The normalized spacial score (nSPS) is 19.6. The Bertz CT molecular complexity index is 577. The maximum absolute atomic E-state index is 5.97. The van der Waals surface area contributed by atoms with E-state index in [0.29, 0.717) is 11.7 Å². The van der Waals surface area contributed by atoms with E-state index in [1.807, 2.05) is 24.7 Å². The van der Waals surface area contributed by atoms with Gasteiger partial charge in [-0.1, -0.05) is 6.92 Å². The summed E-state index contributed by atoms with van der Waals surface area (Å²) in [5.41, 5.74) is 8.00. The molecule has 5 nitrogen and oxygen atoms in total. The summed E-state index contributed by atoms with van der Waals surface area (Å²) in [5.74, 6) is 1.26. The van der Waals surface area contributed by atoms with Crippen LogP contribution in [-0.4, -0.2) is 39.1 Å². The number of nitrogen functional groups attached to an aromatic ring is 1. The van der Waals surface area contributed by atoms with E-state index < -0.39 is 0 Å². The molecule has 1 aliphatic rings. The van der Waals surface area contributed by atoms with Crippen molar-refractivity contribution in [3.8, 4) is 11.3 Å². The number of rotatable bonds is 4. The molecule has 2 aromatic heterocycles. The third-order valence-corrected chi connectivity index (χ3v) is 4.10. The molecule has 1 aliphatic heterocycles. The number of hydrogen-bond acceptors (Lipinski definition) is 4. The number of pyridine rings is 1. The van der Waals surface area contributed by atoms with Crippen molar-refractivity contribution in [2.45, 2.75) is 19.9 Å². The maximum atomic E-state index is 5.97. The molecule has 2 aromatic rings. The number of imidazole rings is 1. The van der Waals surface area contributed by atoms with Crippen molar-refractivity contribution in [1.82, 2.24) is 19.4 Å². The average molecular weight is 271 g/mol. The van der Waals surface area contributed by atoms with Gasteiger partial charge in [0.1, 0.15) is 5.82 Å². The summed E-state index contributed by atoms with van der Waals surface area (Å²) in [6, 6.07) is 3.92. The van der Waals surface area contributed by atoms with Crippen LogP contribution in [-0.2, 0) is 6.54 Å². The first-order chi connectivity index (χ1) is 9.78. The maximum Gasteiger partial charge on any atom is 0.132 e. The Hall–Kier alpha value is -1.88. The number of nitrogens with zero attached hydrogens (tertiary/aromatic N) is 4. The fourth-order valence-corrected chi connectivity index (χ4v) is 2.95. The second-order valence-corrected chi connectivity index (χ2v) is 5.42. The Balaban J connectivity index is 1.79. The summed E-state index contributed by atoms with van der Waals surface area (Å²) in [5, 5.41) is 0. The van der Waals surface area contributed by atoms with Gasteiger partial charge in [-0.3, -0.25) is 0 Å². The lowest BCUT2D eigenvalue weighted by atomic mass is 10.1. The predicted octanol–water partition coefficient (Wildman–Crippen LogP) is 1.87. The van der Waals surface area contributed by atoms with Crippen LogP contribution in [0.4, 0.5) is 5.82 Å². The van der Waals surface area contributed by atoms with Crippen LogP contribution in [0.25, 0.3) is 11.3 Å². The summed E-state index contributed by atoms with van der Waals surface area (Å²) < 4.78 is 2.21. The highest BCUT2D eigenvalue weighted by Crippen LogP contribution is 2.26. The van der Waals surface area contributed by atoms with E-state index in [1.54, 1.807) is 6.20 Å². The molecule has 0 radical (unpaired) electrons. The quantitative estimate of drug-likeness (QED) is 0.922. The zero-order valence-corrected chi connectivity index (χ0v) is 11.9. The molecule has 0 amide bonds. The molecule has 1 saturated heterocycles. The van der Waals surface area contributed by atoms with Crippen molar-refractivity contribution >= 4 is 5.82 Å². The van der Waals surface area contributed by atoms with Gasteiger partial charge in [0.25, 0.3) is 0 Å². The average Bonchev–Trinajstić information content (AvgIpc) is 3.09. The lowest BCUT2D eigenvalue weighted by Crippen LogP contribution is -2.21. The van der Waals surface area contributed by atoms with E-state index in [-0.39, 0.29) is 0 Å². The molecule has 0 aromatic carbocycles. The Morgan fingerprint density at radius 3 is 3.10 bits per heavy atom. The fourth-order valence-electron chi connectivity index (χ4n) is 2.95. The van der Waals surface area contributed by atoms with Crippen molar-refractivity contribution in [1.29, 1.82) is 0 Å². The Morgan fingerprint density at radius 1 is 1.45 bits per heavy atom. The number of nitrogens with two attached hydrogens (primary N) is 1. The van der Waals surface area contributed by atoms with Crippen LogP contribution in [0.1, 0.15) is 13.3 Å². The second kappa shape index (κ2) is 5.63. The molecule has 5 heteroatoms. The molecule has 3 heterocycles. The molecule has 0 bridgehead atoms. The molecule has 1 atom stereocenters. The minimum absolute atomic E-state index is 0.566. The standard InChI is InChI=1S/C15H21N5/c1-2-19-7-5-12(9-19)10-20-11-17-8-14(20)13-4-3-6-18-15(13)16/h3-4,6,8,11-12H,2,5,7,9-10H2,1H3,(H2,16,18). The monoisotopic (exact) mass is 271 g/mol. The van der Waals surface area contributed by atoms with E-state index in [4.69, 9.17) is 5.73 Å². The first kappa shape index (κ1) is 13.1. The topological polar surface area (TPSA) is 60.0 Å². The molecular formula is C15H21N5. The molecule has 20 heavy (non-hydrogen) atoms. The molecule has 1 unspecified atom stereocenters. The summed E-state index contributed by atoms with van der Waals surface area (Å²) in [6.45, 7) is 6.75. The third kappa shape index (κ3) is 2.54. The minimum Gasteiger partial charge on any atom is -0.383 e. The fraction of sp³-hybridized carbons (Fsp3) is 0.467. The Kier molecular flexibility index (Phi) is 3.69. The SMILES string of the molecule is CCN1CCC(Cn2cncc2-c2cccnc2N)C1. The van der Waals surface area contributed by atoms with E-state index in [2.05, 4.69) is 26.4 Å². The number of hydrogen-bond donors (Lipinski definition) is 1. The van der Waals surface area contributed by atoms with E-state index >= 15 is 0 Å². The molecule has 0 aliphatic carbocycles. The summed E-state index contributed by atoms with van der Waals surface area (Å²) in [6.07, 6.45) is 6.75. The summed E-state index contributed by atoms with van der Waals surface area (Å²) in [7, 11) is 0. The van der Waals surface area contributed by atoms with Crippen molar-refractivity contribution in [3.05, 3.63) is 30.9 Å². The Labute approximate surface area is 119 Å². The van der Waals surface area contributed by atoms with Gasteiger partial charge in [-0.05, 0) is 37.6 Å². The van der Waals surface area contributed by atoms with Crippen LogP contribution < -0.4 is 5.73 Å². The Morgan fingerprint density at radius 2 is 2.35 bits per heavy atom. The predicted molar refractivity (Wildman–Crippen MR) is 80.1 cm³/mol. The first-order valence-electron chi connectivity index (χ1n) is 7.21. The highest BCUT2D eigenvalue weighted by atomic mass is 15.2. The first-order valence-corrected chi connectivity index (χ1v) is 7.21. The van der Waals surface area contributed by atoms with Crippen LogP contribution in [0.15, 0.2) is 30.9 Å². The van der Waals surface area contributed by atoms with E-state index in [9.17, 15) is 0 Å². The number of likely N-dealkylation sites (tertiary alicyclic amines) is 1. The van der Waals surface area contributed by atoms with Gasteiger partial charge in [-0.2, -0.15) is 0 Å². The molecule has 1 fully saturated rings. The van der Waals surface area contributed by atoms with E-state index in [1.165, 1.54) is 19.5 Å². The summed E-state index contributed by atoms with van der Waals surface area (Å²) >= 11 is 0. The highest BCUT2D eigenvalue weighted by molar-refractivity contribution is 5.70. The van der Waals surface area contributed by atoms with Gasteiger partial charge >= 0.3 is 0 Å². The molecular weight excluding hydrogens is 250 g/mol. The lowest BCUT2D eigenvalue weighted by molar-refractivity contribution is 0.333. The van der Waals surface area contributed by atoms with Crippen LogP contribution in [0, 0.1) is 5.92 Å². The third-order valence-electron chi connectivity index (χ3n) is 4.10. The van der Waals surface area contributed by atoms with Crippen molar-refractivity contribution in [3.63, 3.8) is 0 Å². The van der Waals surface area contributed by atoms with Gasteiger partial charge < -0.3 is 15.2 Å². The van der Waals surface area contributed by atoms with Crippen LogP contribution >= 0.6 is 0 Å². The van der Waals surface area contributed by atoms with Crippen molar-refractivity contribution in [2.75, 3.05) is 25.4 Å². The summed E-state index contributed by atoms with van der Waals surface area (Å²) in [4.78, 5) is 10.9. The lowest BCUT2D eigenvalue weighted by Gasteiger charge is -2.15.